The standard InChI is InChI=1S/C22H19N3O2S2/c1-3-14-7-4-5-10-19(14)25-21(26)18(24-22(25)28)12-16-13-29-20(23-16)15-8-6-9-17(11-15)27-2/h4-13H,3H2,1-2H3,(H,24,28)/b18-12-. The molecular formula is C22H19N3O2S2. The number of aromatic nitrogens is 1. The van der Waals surface area contributed by atoms with Crippen molar-refractivity contribution in [1.82, 2.24) is 10.3 Å². The van der Waals surface area contributed by atoms with E-state index in [1.807, 2.05) is 53.9 Å². The number of hydrogen-bond acceptors (Lipinski definition) is 5. The fraction of sp³-hybridized carbons (Fsp3) is 0.136. The highest BCUT2D eigenvalue weighted by Gasteiger charge is 2.33. The average molecular weight is 422 g/mol. The van der Waals surface area contributed by atoms with Gasteiger partial charge < -0.3 is 10.1 Å². The first-order valence-corrected chi connectivity index (χ1v) is 10.4. The maximum Gasteiger partial charge on any atom is 0.281 e. The highest BCUT2D eigenvalue weighted by atomic mass is 32.1. The highest BCUT2D eigenvalue weighted by Crippen LogP contribution is 2.29. The maximum absolute atomic E-state index is 13.0. The van der Waals surface area contributed by atoms with Crippen molar-refractivity contribution in [2.45, 2.75) is 13.3 Å². The second-order valence-electron chi connectivity index (χ2n) is 6.42. The van der Waals surface area contributed by atoms with Crippen molar-refractivity contribution in [3.63, 3.8) is 0 Å². The van der Waals surface area contributed by atoms with Gasteiger partial charge in [0.15, 0.2) is 5.11 Å². The van der Waals surface area contributed by atoms with Crippen LogP contribution in [0.15, 0.2) is 59.6 Å². The summed E-state index contributed by atoms with van der Waals surface area (Å²) in [6.07, 6.45) is 2.56. The second kappa shape index (κ2) is 8.14. The number of nitrogens with one attached hydrogen (secondary N) is 1. The van der Waals surface area contributed by atoms with Crippen LogP contribution in [-0.4, -0.2) is 23.1 Å². The summed E-state index contributed by atoms with van der Waals surface area (Å²) in [6, 6.07) is 15.5. The molecule has 0 spiro atoms. The van der Waals surface area contributed by atoms with Gasteiger partial charge in [-0.05, 0) is 48.5 Å². The number of anilines is 1. The van der Waals surface area contributed by atoms with E-state index in [4.69, 9.17) is 17.0 Å². The Morgan fingerprint density at radius 3 is 2.86 bits per heavy atom. The molecule has 0 aliphatic carbocycles. The van der Waals surface area contributed by atoms with Crippen molar-refractivity contribution in [3.05, 3.63) is 70.9 Å². The van der Waals surface area contributed by atoms with E-state index in [1.54, 1.807) is 18.1 Å². The molecule has 2 aromatic carbocycles. The Bertz CT molecular complexity index is 1120. The van der Waals surface area contributed by atoms with Crippen molar-refractivity contribution in [2.24, 2.45) is 0 Å². The second-order valence-corrected chi connectivity index (χ2v) is 7.67. The van der Waals surface area contributed by atoms with Crippen LogP contribution in [0, 0.1) is 0 Å². The Labute approximate surface area is 178 Å². The van der Waals surface area contributed by atoms with E-state index >= 15 is 0 Å². The van der Waals surface area contributed by atoms with Gasteiger partial charge in [-0.1, -0.05) is 37.3 Å². The topological polar surface area (TPSA) is 54.5 Å². The van der Waals surface area contributed by atoms with Gasteiger partial charge in [-0.3, -0.25) is 9.69 Å². The third-order valence-corrected chi connectivity index (χ3v) is 5.82. The van der Waals surface area contributed by atoms with Crippen molar-refractivity contribution >= 4 is 46.3 Å². The quantitative estimate of drug-likeness (QED) is 0.480. The Kier molecular flexibility index (Phi) is 5.42. The van der Waals surface area contributed by atoms with Crippen molar-refractivity contribution in [3.8, 4) is 16.3 Å². The molecule has 146 valence electrons. The SMILES string of the molecule is CCc1ccccc1N1C(=O)/C(=C/c2csc(-c3cccc(OC)c3)n2)NC1=S. The van der Waals surface area contributed by atoms with E-state index in [1.165, 1.54) is 11.3 Å². The van der Waals surface area contributed by atoms with E-state index in [-0.39, 0.29) is 5.91 Å². The van der Waals surface area contributed by atoms with Gasteiger partial charge in [-0.25, -0.2) is 4.98 Å². The predicted octanol–water partition coefficient (Wildman–Crippen LogP) is 4.64. The molecule has 0 bridgehead atoms. The molecule has 1 N–H and O–H groups in total. The number of aryl methyl sites for hydroxylation is 1. The lowest BCUT2D eigenvalue weighted by molar-refractivity contribution is -0.113. The number of methoxy groups -OCH3 is 1. The van der Waals surface area contributed by atoms with Gasteiger partial charge in [0, 0.05) is 10.9 Å². The fourth-order valence-corrected chi connectivity index (χ4v) is 4.24. The number of carbonyl (C=O) groups is 1. The minimum atomic E-state index is -0.174. The summed E-state index contributed by atoms with van der Waals surface area (Å²) in [7, 11) is 1.64. The van der Waals surface area contributed by atoms with E-state index in [2.05, 4.69) is 17.2 Å². The van der Waals surface area contributed by atoms with Crippen LogP contribution < -0.4 is 15.0 Å². The van der Waals surface area contributed by atoms with Crippen molar-refractivity contribution in [1.29, 1.82) is 0 Å². The smallest absolute Gasteiger partial charge is 0.281 e. The Hall–Kier alpha value is -3.03. The zero-order chi connectivity index (χ0) is 20.4. The van der Waals surface area contributed by atoms with E-state index < -0.39 is 0 Å². The largest absolute Gasteiger partial charge is 0.497 e. The molecule has 1 amide bonds. The molecule has 1 aliphatic heterocycles. The van der Waals surface area contributed by atoms with E-state index in [0.717, 1.165) is 34.0 Å². The summed E-state index contributed by atoms with van der Waals surface area (Å²) in [5.74, 6) is 0.604. The Morgan fingerprint density at radius 1 is 1.24 bits per heavy atom. The molecular weight excluding hydrogens is 402 g/mol. The number of hydrogen-bond donors (Lipinski definition) is 1. The molecule has 4 rings (SSSR count). The minimum absolute atomic E-state index is 0.174. The van der Waals surface area contributed by atoms with Crippen LogP contribution in [0.4, 0.5) is 5.69 Å². The van der Waals surface area contributed by atoms with Crippen LogP contribution >= 0.6 is 23.6 Å². The molecule has 0 radical (unpaired) electrons. The molecule has 3 aromatic rings. The summed E-state index contributed by atoms with van der Waals surface area (Å²) in [5, 5.41) is 6.19. The van der Waals surface area contributed by atoms with Gasteiger partial charge in [0.2, 0.25) is 0 Å². The van der Waals surface area contributed by atoms with Crippen LogP contribution in [-0.2, 0) is 11.2 Å². The fourth-order valence-electron chi connectivity index (χ4n) is 3.17. The highest BCUT2D eigenvalue weighted by molar-refractivity contribution is 7.80. The van der Waals surface area contributed by atoms with Crippen LogP contribution in [0.2, 0.25) is 0 Å². The molecule has 2 heterocycles. The van der Waals surface area contributed by atoms with Crippen LogP contribution in [0.25, 0.3) is 16.6 Å². The van der Waals surface area contributed by atoms with Crippen LogP contribution in [0.3, 0.4) is 0 Å². The molecule has 0 saturated carbocycles. The summed E-state index contributed by atoms with van der Waals surface area (Å²) < 4.78 is 5.28. The molecule has 1 aromatic heterocycles. The number of thiocarbonyl (C=S) groups is 1. The van der Waals surface area contributed by atoms with Gasteiger partial charge in [0.25, 0.3) is 5.91 Å². The number of carbonyl (C=O) groups excluding carboxylic acids is 1. The predicted molar refractivity (Wildman–Crippen MR) is 121 cm³/mol. The summed E-state index contributed by atoms with van der Waals surface area (Å²) >= 11 is 6.94. The Balaban J connectivity index is 1.62. The number of benzene rings is 2. The average Bonchev–Trinajstić information content (AvgIpc) is 3.32. The molecule has 29 heavy (non-hydrogen) atoms. The van der Waals surface area contributed by atoms with E-state index in [0.29, 0.717) is 16.5 Å². The number of rotatable bonds is 5. The first-order chi connectivity index (χ1) is 14.1. The zero-order valence-electron chi connectivity index (χ0n) is 16.0. The first kappa shape index (κ1) is 19.3. The third kappa shape index (κ3) is 3.79. The molecule has 1 fully saturated rings. The monoisotopic (exact) mass is 421 g/mol. The van der Waals surface area contributed by atoms with Crippen molar-refractivity contribution in [2.75, 3.05) is 12.0 Å². The molecule has 1 aliphatic rings. The van der Waals surface area contributed by atoms with Crippen molar-refractivity contribution < 1.29 is 9.53 Å². The lowest BCUT2D eigenvalue weighted by Gasteiger charge is -2.17. The molecule has 0 unspecified atom stereocenters. The number of nitrogens with zero attached hydrogens (tertiary/aromatic N) is 2. The third-order valence-electron chi connectivity index (χ3n) is 4.62. The number of amides is 1. The molecule has 5 nitrogen and oxygen atoms in total. The molecule has 0 atom stereocenters. The van der Waals surface area contributed by atoms with E-state index in [9.17, 15) is 4.79 Å². The lowest BCUT2D eigenvalue weighted by Crippen LogP contribution is -2.31. The number of thiazole rings is 1. The first-order valence-electron chi connectivity index (χ1n) is 9.15. The lowest BCUT2D eigenvalue weighted by atomic mass is 10.1. The van der Waals surface area contributed by atoms with Gasteiger partial charge >= 0.3 is 0 Å². The minimum Gasteiger partial charge on any atom is -0.497 e. The summed E-state index contributed by atoms with van der Waals surface area (Å²) in [4.78, 5) is 19.2. The number of ether oxygens (including phenoxy) is 1. The van der Waals surface area contributed by atoms with Crippen LogP contribution in [0.1, 0.15) is 18.2 Å². The van der Waals surface area contributed by atoms with Gasteiger partial charge in [-0.2, -0.15) is 0 Å². The Morgan fingerprint density at radius 2 is 2.07 bits per heavy atom. The van der Waals surface area contributed by atoms with Gasteiger partial charge in [0.1, 0.15) is 16.5 Å². The normalized spacial score (nSPS) is 15.1. The zero-order valence-corrected chi connectivity index (χ0v) is 17.6. The molecule has 1 saturated heterocycles. The van der Waals surface area contributed by atoms with Crippen LogP contribution in [0.5, 0.6) is 5.75 Å². The maximum atomic E-state index is 13.0. The van der Waals surface area contributed by atoms with Gasteiger partial charge in [0.05, 0.1) is 18.5 Å². The number of para-hydroxylation sites is 1. The molecule has 7 heteroatoms. The van der Waals surface area contributed by atoms with Gasteiger partial charge in [-0.15, -0.1) is 11.3 Å². The summed E-state index contributed by atoms with van der Waals surface area (Å²) in [6.45, 7) is 2.06. The summed E-state index contributed by atoms with van der Waals surface area (Å²) in [5.41, 5.74) is 3.98.